The number of furan rings is 1. The van der Waals surface area contributed by atoms with E-state index >= 15 is 0 Å². The van der Waals surface area contributed by atoms with Crippen LogP contribution in [0.5, 0.6) is 5.75 Å². The molecule has 7 nitrogen and oxygen atoms in total. The van der Waals surface area contributed by atoms with E-state index in [1.165, 1.54) is 19.4 Å². The zero-order chi connectivity index (χ0) is 21.1. The summed E-state index contributed by atoms with van der Waals surface area (Å²) in [6.45, 7) is 3.79. The maximum Gasteiger partial charge on any atom is 0.290 e. The maximum absolute atomic E-state index is 13.9. The molecule has 2 saturated heterocycles. The summed E-state index contributed by atoms with van der Waals surface area (Å²) in [5.41, 5.74) is 0.874. The van der Waals surface area contributed by atoms with E-state index in [2.05, 4.69) is 4.90 Å². The second kappa shape index (κ2) is 8.87. The molecule has 0 bridgehead atoms. The Hall–Kier alpha value is -2.87. The molecule has 0 saturated carbocycles. The van der Waals surface area contributed by atoms with Gasteiger partial charge in [-0.3, -0.25) is 14.5 Å². The summed E-state index contributed by atoms with van der Waals surface area (Å²) in [5.74, 6) is -0.0875. The van der Waals surface area contributed by atoms with Crippen molar-refractivity contribution in [3.63, 3.8) is 0 Å². The van der Waals surface area contributed by atoms with Gasteiger partial charge in [-0.25, -0.2) is 4.39 Å². The third kappa shape index (κ3) is 4.18. The van der Waals surface area contributed by atoms with Crippen molar-refractivity contribution in [3.8, 4) is 5.75 Å². The van der Waals surface area contributed by atoms with Gasteiger partial charge < -0.3 is 19.0 Å². The normalized spacial score (nSPS) is 19.9. The fraction of sp³-hybridized carbons (Fsp3) is 0.455. The van der Waals surface area contributed by atoms with E-state index in [4.69, 9.17) is 9.15 Å². The van der Waals surface area contributed by atoms with Gasteiger partial charge >= 0.3 is 0 Å². The Morgan fingerprint density at radius 1 is 1.17 bits per heavy atom. The van der Waals surface area contributed by atoms with Crippen LogP contribution in [-0.4, -0.2) is 72.4 Å². The van der Waals surface area contributed by atoms with Crippen molar-refractivity contribution in [1.29, 1.82) is 0 Å². The summed E-state index contributed by atoms with van der Waals surface area (Å²) in [7, 11) is 1.45. The van der Waals surface area contributed by atoms with Crippen LogP contribution in [0.3, 0.4) is 0 Å². The average molecular weight is 415 g/mol. The molecule has 30 heavy (non-hydrogen) atoms. The lowest BCUT2D eigenvalue weighted by molar-refractivity contribution is -0.137. The van der Waals surface area contributed by atoms with Crippen LogP contribution in [0.2, 0.25) is 0 Å². The summed E-state index contributed by atoms with van der Waals surface area (Å²) in [6.07, 6.45) is 2.95. The first-order valence-electron chi connectivity index (χ1n) is 10.2. The molecule has 1 unspecified atom stereocenters. The molecule has 0 N–H and O–H groups in total. The lowest BCUT2D eigenvalue weighted by atomic mass is 10.1. The van der Waals surface area contributed by atoms with E-state index in [0.29, 0.717) is 45.7 Å². The number of amides is 2. The number of likely N-dealkylation sites (tertiary alicyclic amines) is 1. The van der Waals surface area contributed by atoms with Gasteiger partial charge in [-0.1, -0.05) is 6.07 Å². The van der Waals surface area contributed by atoms with Crippen LogP contribution < -0.4 is 4.74 Å². The Morgan fingerprint density at radius 3 is 2.63 bits per heavy atom. The predicted octanol–water partition coefficient (Wildman–Crippen LogP) is 2.38. The smallest absolute Gasteiger partial charge is 0.290 e. The van der Waals surface area contributed by atoms with E-state index in [1.807, 2.05) is 11.0 Å². The summed E-state index contributed by atoms with van der Waals surface area (Å²) >= 11 is 0. The molecule has 8 heteroatoms. The van der Waals surface area contributed by atoms with Crippen LogP contribution in [0.15, 0.2) is 41.0 Å². The minimum Gasteiger partial charge on any atom is -0.494 e. The van der Waals surface area contributed by atoms with Crippen molar-refractivity contribution < 1.29 is 23.1 Å². The van der Waals surface area contributed by atoms with E-state index in [0.717, 1.165) is 12.0 Å². The third-order valence-corrected chi connectivity index (χ3v) is 5.84. The molecular weight excluding hydrogens is 389 g/mol. The predicted molar refractivity (Wildman–Crippen MR) is 108 cm³/mol. The van der Waals surface area contributed by atoms with Crippen LogP contribution in [-0.2, 0) is 11.3 Å². The van der Waals surface area contributed by atoms with Crippen LogP contribution in [0.1, 0.15) is 29.0 Å². The van der Waals surface area contributed by atoms with Crippen molar-refractivity contribution in [2.24, 2.45) is 0 Å². The average Bonchev–Trinajstić information content (AvgIpc) is 3.46. The second-order valence-electron chi connectivity index (χ2n) is 7.70. The molecule has 1 aromatic heterocycles. The van der Waals surface area contributed by atoms with E-state index < -0.39 is 6.04 Å². The van der Waals surface area contributed by atoms with Crippen molar-refractivity contribution in [3.05, 3.63) is 53.7 Å². The molecule has 2 aromatic rings. The number of carbonyl (C=O) groups is 2. The monoisotopic (exact) mass is 415 g/mol. The van der Waals surface area contributed by atoms with Crippen molar-refractivity contribution >= 4 is 11.8 Å². The van der Waals surface area contributed by atoms with Gasteiger partial charge in [-0.05, 0) is 42.7 Å². The fourth-order valence-electron chi connectivity index (χ4n) is 4.21. The molecule has 1 aromatic carbocycles. The van der Waals surface area contributed by atoms with Crippen LogP contribution in [0, 0.1) is 5.82 Å². The topological polar surface area (TPSA) is 66.2 Å². The minimum atomic E-state index is -0.426. The molecule has 0 radical (unpaired) electrons. The number of hydrogen-bond acceptors (Lipinski definition) is 5. The lowest BCUT2D eigenvalue weighted by Gasteiger charge is -2.37. The van der Waals surface area contributed by atoms with Gasteiger partial charge in [-0.15, -0.1) is 0 Å². The van der Waals surface area contributed by atoms with Gasteiger partial charge in [0.15, 0.2) is 17.3 Å². The second-order valence-corrected chi connectivity index (χ2v) is 7.70. The zero-order valence-corrected chi connectivity index (χ0v) is 17.1. The number of rotatable bonds is 5. The molecule has 1 atom stereocenters. The van der Waals surface area contributed by atoms with Gasteiger partial charge in [0.2, 0.25) is 5.91 Å². The molecule has 0 aliphatic carbocycles. The van der Waals surface area contributed by atoms with Crippen molar-refractivity contribution in [2.75, 3.05) is 39.8 Å². The standard InChI is InChI=1S/C22H26FN3O4/c1-29-19-7-6-16(14-17(19)23)15-24-9-11-25(12-10-24)21(27)18-4-2-8-26(18)22(28)20-5-3-13-30-20/h3,5-7,13-14,18H,2,4,8-12,15H2,1H3. The Balaban J connectivity index is 1.33. The van der Waals surface area contributed by atoms with Gasteiger partial charge in [0.1, 0.15) is 6.04 Å². The highest BCUT2D eigenvalue weighted by atomic mass is 19.1. The Morgan fingerprint density at radius 2 is 1.97 bits per heavy atom. The highest BCUT2D eigenvalue weighted by Gasteiger charge is 2.38. The summed E-state index contributed by atoms with van der Waals surface area (Å²) in [6, 6.07) is 7.86. The molecule has 4 rings (SSSR count). The number of methoxy groups -OCH3 is 1. The summed E-state index contributed by atoms with van der Waals surface area (Å²) in [5, 5.41) is 0. The molecular formula is C22H26FN3O4. The van der Waals surface area contributed by atoms with E-state index in [9.17, 15) is 14.0 Å². The first-order valence-corrected chi connectivity index (χ1v) is 10.2. The van der Waals surface area contributed by atoms with Crippen molar-refractivity contribution in [1.82, 2.24) is 14.7 Å². The van der Waals surface area contributed by atoms with E-state index in [-0.39, 0.29) is 29.1 Å². The van der Waals surface area contributed by atoms with Gasteiger partial charge in [0.25, 0.3) is 5.91 Å². The molecule has 2 fully saturated rings. The quantitative estimate of drug-likeness (QED) is 0.750. The Labute approximate surface area is 175 Å². The highest BCUT2D eigenvalue weighted by Crippen LogP contribution is 2.23. The van der Waals surface area contributed by atoms with Crippen LogP contribution in [0.25, 0.3) is 0 Å². The number of ether oxygens (including phenoxy) is 1. The van der Waals surface area contributed by atoms with Crippen LogP contribution >= 0.6 is 0 Å². The first kappa shape index (κ1) is 20.4. The summed E-state index contributed by atoms with van der Waals surface area (Å²) < 4.78 is 24.1. The SMILES string of the molecule is COc1ccc(CN2CCN(C(=O)C3CCCN3C(=O)c3ccco3)CC2)cc1F. The lowest BCUT2D eigenvalue weighted by Crippen LogP contribution is -2.54. The first-order chi connectivity index (χ1) is 14.6. The maximum atomic E-state index is 13.9. The van der Waals surface area contributed by atoms with Crippen LogP contribution in [0.4, 0.5) is 4.39 Å². The Bertz CT molecular complexity index is 894. The number of halogens is 1. The molecule has 0 spiro atoms. The highest BCUT2D eigenvalue weighted by molar-refractivity contribution is 5.96. The number of carbonyl (C=O) groups excluding carboxylic acids is 2. The summed E-state index contributed by atoms with van der Waals surface area (Å²) in [4.78, 5) is 31.4. The number of nitrogens with zero attached hydrogens (tertiary/aromatic N) is 3. The van der Waals surface area contributed by atoms with Crippen molar-refractivity contribution in [2.45, 2.75) is 25.4 Å². The molecule has 3 heterocycles. The molecule has 2 aliphatic rings. The Kier molecular flexibility index (Phi) is 6.03. The van der Waals surface area contributed by atoms with E-state index in [1.54, 1.807) is 23.1 Å². The third-order valence-electron chi connectivity index (χ3n) is 5.84. The molecule has 2 aliphatic heterocycles. The minimum absolute atomic E-state index is 0.00236. The largest absolute Gasteiger partial charge is 0.494 e. The number of hydrogen-bond donors (Lipinski definition) is 0. The zero-order valence-electron chi connectivity index (χ0n) is 17.1. The van der Waals surface area contributed by atoms with Gasteiger partial charge in [0.05, 0.1) is 13.4 Å². The molecule has 160 valence electrons. The number of benzene rings is 1. The fourth-order valence-corrected chi connectivity index (χ4v) is 4.21. The number of piperazine rings is 1. The molecule has 2 amide bonds. The van der Waals surface area contributed by atoms with Gasteiger partial charge in [-0.2, -0.15) is 0 Å². The van der Waals surface area contributed by atoms with Gasteiger partial charge in [0, 0.05) is 39.3 Å².